The predicted octanol–water partition coefficient (Wildman–Crippen LogP) is 2.47. The number of fused-ring (bicyclic) bond motifs is 2. The van der Waals surface area contributed by atoms with Gasteiger partial charge in [-0.05, 0) is 47.2 Å². The zero-order chi connectivity index (χ0) is 27.8. The summed E-state index contributed by atoms with van der Waals surface area (Å²) in [6.07, 6.45) is 5.29. The third-order valence-corrected chi connectivity index (χ3v) is 6.20. The van der Waals surface area contributed by atoms with Gasteiger partial charge in [-0.15, -0.1) is 0 Å². The van der Waals surface area contributed by atoms with Gasteiger partial charge in [0.1, 0.15) is 17.6 Å². The van der Waals surface area contributed by atoms with Crippen molar-refractivity contribution in [3.05, 3.63) is 52.0 Å². The van der Waals surface area contributed by atoms with Crippen molar-refractivity contribution in [1.82, 2.24) is 19.1 Å². The SMILES string of the molecule is CN.COCCCOc1cc(C(N)=O)cc2nc(N)n(C/C=C/Cn3c(N)nc4cc(C=O)cc(Br)c43)c12. The molecule has 1 amide bonds. The molecule has 0 aliphatic heterocycles. The number of ether oxygens (including phenoxy) is 2. The van der Waals surface area contributed by atoms with Crippen LogP contribution in [0, 0.1) is 0 Å². The van der Waals surface area contributed by atoms with Crippen LogP contribution in [0.3, 0.4) is 0 Å². The Morgan fingerprint density at radius 3 is 2.16 bits per heavy atom. The van der Waals surface area contributed by atoms with Crippen molar-refractivity contribution >= 4 is 62.1 Å². The predicted molar refractivity (Wildman–Crippen MR) is 151 cm³/mol. The monoisotopic (exact) mass is 586 g/mol. The lowest BCUT2D eigenvalue weighted by molar-refractivity contribution is 0.0999. The smallest absolute Gasteiger partial charge is 0.248 e. The van der Waals surface area contributed by atoms with Crippen molar-refractivity contribution in [3.63, 3.8) is 0 Å². The topological polar surface area (TPSA) is 192 Å². The minimum absolute atomic E-state index is 0.273. The van der Waals surface area contributed by atoms with E-state index in [1.54, 1.807) is 35.9 Å². The van der Waals surface area contributed by atoms with E-state index in [1.807, 2.05) is 16.7 Å². The fourth-order valence-electron chi connectivity index (χ4n) is 3.94. The number of nitrogens with two attached hydrogens (primary N) is 4. The molecule has 13 heteroatoms. The van der Waals surface area contributed by atoms with Crippen molar-refractivity contribution in [2.45, 2.75) is 19.5 Å². The number of methoxy groups -OCH3 is 1. The van der Waals surface area contributed by atoms with E-state index >= 15 is 0 Å². The molecule has 0 aliphatic rings. The molecular formula is C25H31BrN8O4. The number of halogens is 1. The number of hydrogen-bond acceptors (Lipinski definition) is 9. The fraction of sp³-hybridized carbons (Fsp3) is 0.280. The normalized spacial score (nSPS) is 11.2. The van der Waals surface area contributed by atoms with Crippen molar-refractivity contribution in [2.24, 2.45) is 11.5 Å². The molecule has 2 aromatic carbocycles. The molecule has 0 fully saturated rings. The summed E-state index contributed by atoms with van der Waals surface area (Å²) in [4.78, 5) is 31.7. The highest BCUT2D eigenvalue weighted by Crippen LogP contribution is 2.31. The summed E-state index contributed by atoms with van der Waals surface area (Å²) in [5.41, 5.74) is 25.7. The first-order valence-corrected chi connectivity index (χ1v) is 12.5. The lowest BCUT2D eigenvalue weighted by Gasteiger charge is -2.11. The van der Waals surface area contributed by atoms with Crippen molar-refractivity contribution < 1.29 is 19.1 Å². The Balaban J connectivity index is 0.00000195. The molecular weight excluding hydrogens is 556 g/mol. The van der Waals surface area contributed by atoms with Gasteiger partial charge in [0.2, 0.25) is 17.8 Å². The summed E-state index contributed by atoms with van der Waals surface area (Å²) < 4.78 is 15.4. The van der Waals surface area contributed by atoms with Crippen molar-refractivity contribution in [2.75, 3.05) is 38.8 Å². The number of nitrogens with zero attached hydrogens (tertiary/aromatic N) is 4. The van der Waals surface area contributed by atoms with Gasteiger partial charge in [0.25, 0.3) is 0 Å². The maximum Gasteiger partial charge on any atom is 0.248 e. The molecule has 12 nitrogen and oxygen atoms in total. The van der Waals surface area contributed by atoms with Crippen LogP contribution in [0.1, 0.15) is 27.1 Å². The molecule has 4 aromatic rings. The second kappa shape index (κ2) is 13.0. The Hall–Kier alpha value is -3.94. The molecule has 4 rings (SSSR count). The summed E-state index contributed by atoms with van der Waals surface area (Å²) >= 11 is 3.50. The van der Waals surface area contributed by atoms with Gasteiger partial charge in [-0.1, -0.05) is 12.2 Å². The standard InChI is InChI=1S/C24H26BrN7O4.CH5N/c1-35-7-4-8-36-19-12-15(22(26)34)11-18-21(19)32(24(28)30-18)6-3-2-5-31-20-16(25)9-14(13-33)10-17(20)29-23(31)27;1-2/h2-3,9-13H,4-8H2,1H3,(H2,26,34)(H2,27,29)(H2,28,30);2H2,1H3/b3-2+;. The molecule has 0 atom stereocenters. The average Bonchev–Trinajstić information content (AvgIpc) is 3.40. The van der Waals surface area contributed by atoms with Gasteiger partial charge in [0.15, 0.2) is 0 Å². The number of primary amides is 1. The molecule has 8 N–H and O–H groups in total. The van der Waals surface area contributed by atoms with E-state index in [9.17, 15) is 9.59 Å². The zero-order valence-electron chi connectivity index (χ0n) is 21.2. The van der Waals surface area contributed by atoms with E-state index in [4.69, 9.17) is 26.7 Å². The number of benzene rings is 2. The number of hydrogen-bond donors (Lipinski definition) is 4. The molecule has 0 unspecified atom stereocenters. The molecule has 0 saturated carbocycles. The lowest BCUT2D eigenvalue weighted by Crippen LogP contribution is -2.12. The van der Waals surface area contributed by atoms with Crippen LogP contribution in [0.4, 0.5) is 11.9 Å². The third kappa shape index (κ3) is 6.13. The maximum absolute atomic E-state index is 11.8. The Labute approximate surface area is 227 Å². The Morgan fingerprint density at radius 2 is 1.58 bits per heavy atom. The number of carbonyl (C=O) groups excluding carboxylic acids is 2. The molecule has 0 bridgehead atoms. The Kier molecular flexibility index (Phi) is 9.82. The van der Waals surface area contributed by atoms with Gasteiger partial charge in [-0.2, -0.15) is 0 Å². The Morgan fingerprint density at radius 1 is 0.974 bits per heavy atom. The van der Waals surface area contributed by atoms with Crippen LogP contribution in [0.25, 0.3) is 22.1 Å². The summed E-state index contributed by atoms with van der Waals surface area (Å²) in [5, 5.41) is 0. The second-order valence-corrected chi connectivity index (χ2v) is 8.88. The maximum atomic E-state index is 11.8. The van der Waals surface area contributed by atoms with E-state index in [0.29, 0.717) is 66.5 Å². The van der Waals surface area contributed by atoms with Gasteiger partial charge < -0.3 is 41.5 Å². The number of carbonyl (C=O) groups is 2. The van der Waals surface area contributed by atoms with Crippen LogP contribution < -0.4 is 27.7 Å². The summed E-state index contributed by atoms with van der Waals surface area (Å²) in [6, 6.07) is 6.61. The van der Waals surface area contributed by atoms with Crippen molar-refractivity contribution in [3.8, 4) is 5.75 Å². The number of amides is 1. The summed E-state index contributed by atoms with van der Waals surface area (Å²) in [6.45, 7) is 1.77. The zero-order valence-corrected chi connectivity index (χ0v) is 22.8. The molecule has 0 aliphatic carbocycles. The highest BCUT2D eigenvalue weighted by Gasteiger charge is 2.17. The molecule has 2 heterocycles. The highest BCUT2D eigenvalue weighted by molar-refractivity contribution is 9.10. The molecule has 202 valence electrons. The number of rotatable bonds is 11. The van der Waals surface area contributed by atoms with Crippen LogP contribution in [0.2, 0.25) is 0 Å². The van der Waals surface area contributed by atoms with Gasteiger partial charge in [0.05, 0.1) is 23.2 Å². The molecule has 0 spiro atoms. The quantitative estimate of drug-likeness (QED) is 0.116. The number of nitrogen functional groups attached to an aromatic ring is 2. The first-order valence-electron chi connectivity index (χ1n) is 11.7. The molecule has 2 aromatic heterocycles. The number of aldehydes is 1. The van der Waals surface area contributed by atoms with Gasteiger partial charge in [-0.25, -0.2) is 9.97 Å². The number of anilines is 2. The van der Waals surface area contributed by atoms with Gasteiger partial charge in [0, 0.05) is 48.8 Å². The van der Waals surface area contributed by atoms with Gasteiger partial charge in [-0.3, -0.25) is 9.59 Å². The van der Waals surface area contributed by atoms with E-state index in [-0.39, 0.29) is 11.5 Å². The summed E-state index contributed by atoms with van der Waals surface area (Å²) in [5.74, 6) is 0.490. The Bertz CT molecular complexity index is 1480. The van der Waals surface area contributed by atoms with E-state index in [2.05, 4.69) is 31.6 Å². The van der Waals surface area contributed by atoms with E-state index in [0.717, 1.165) is 16.3 Å². The number of imidazole rings is 2. The molecule has 0 saturated heterocycles. The van der Waals surface area contributed by atoms with Crippen molar-refractivity contribution in [1.29, 1.82) is 0 Å². The summed E-state index contributed by atoms with van der Waals surface area (Å²) in [7, 11) is 3.12. The molecule has 0 radical (unpaired) electrons. The first kappa shape index (κ1) is 28.6. The van der Waals surface area contributed by atoms with Crippen LogP contribution in [0.5, 0.6) is 5.75 Å². The average molecular weight is 587 g/mol. The highest BCUT2D eigenvalue weighted by atomic mass is 79.9. The number of allylic oxidation sites excluding steroid dienone is 2. The van der Waals surface area contributed by atoms with Crippen LogP contribution >= 0.6 is 15.9 Å². The second-order valence-electron chi connectivity index (χ2n) is 8.02. The van der Waals surface area contributed by atoms with Gasteiger partial charge >= 0.3 is 0 Å². The van der Waals surface area contributed by atoms with Crippen LogP contribution in [-0.4, -0.2) is 58.7 Å². The largest absolute Gasteiger partial charge is 0.491 e. The minimum Gasteiger partial charge on any atom is -0.491 e. The lowest BCUT2D eigenvalue weighted by atomic mass is 10.1. The number of aromatic nitrogens is 4. The molecule has 38 heavy (non-hydrogen) atoms. The fourth-order valence-corrected chi connectivity index (χ4v) is 4.62. The van der Waals surface area contributed by atoms with Crippen LogP contribution in [-0.2, 0) is 17.8 Å². The van der Waals surface area contributed by atoms with E-state index < -0.39 is 5.91 Å². The minimum atomic E-state index is -0.580. The third-order valence-electron chi connectivity index (χ3n) is 5.60. The van der Waals surface area contributed by atoms with Crippen LogP contribution in [0.15, 0.2) is 40.9 Å². The first-order chi connectivity index (χ1) is 18.3. The van der Waals surface area contributed by atoms with E-state index in [1.165, 1.54) is 7.05 Å².